The van der Waals surface area contributed by atoms with Gasteiger partial charge in [0.05, 0.1) is 6.10 Å². The molecule has 3 saturated carbocycles. The van der Waals surface area contributed by atoms with Crippen LogP contribution in [0.3, 0.4) is 0 Å². The minimum Gasteiger partial charge on any atom is -0.406 e. The molecule has 1 N–H and O–H groups in total. The van der Waals surface area contributed by atoms with Gasteiger partial charge in [-0.3, -0.25) is 4.79 Å². The average Bonchev–Trinajstić information content (AvgIpc) is 3.09. The number of fused-ring (bicyclic) bond motifs is 5. The monoisotopic (exact) mass is 477 g/mol. The van der Waals surface area contributed by atoms with Crippen LogP contribution in [0.2, 0.25) is 0 Å². The number of benzene rings is 1. The van der Waals surface area contributed by atoms with Crippen molar-refractivity contribution < 1.29 is 27.8 Å². The highest BCUT2D eigenvalue weighted by Gasteiger charge is 2.61. The van der Waals surface area contributed by atoms with Crippen LogP contribution < -0.4 is 4.74 Å². The van der Waals surface area contributed by atoms with Gasteiger partial charge in [-0.1, -0.05) is 32.1 Å². The van der Waals surface area contributed by atoms with Crippen molar-refractivity contribution in [2.24, 2.45) is 34.5 Å². The topological polar surface area (TPSA) is 49.8 Å². The molecule has 1 amide bonds. The van der Waals surface area contributed by atoms with Gasteiger partial charge in [-0.05, 0) is 91.4 Å². The molecule has 0 saturated heterocycles. The lowest BCUT2D eigenvalue weighted by Crippen LogP contribution is -2.63. The molecule has 186 valence electrons. The Morgan fingerprint density at radius 3 is 2.53 bits per heavy atom. The van der Waals surface area contributed by atoms with Crippen molar-refractivity contribution in [3.63, 3.8) is 0 Å². The van der Waals surface area contributed by atoms with E-state index in [4.69, 9.17) is 0 Å². The zero-order valence-electron chi connectivity index (χ0n) is 20.0. The summed E-state index contributed by atoms with van der Waals surface area (Å²) in [6.07, 6.45) is 4.40. The number of hydrogen-bond acceptors (Lipinski definition) is 3. The van der Waals surface area contributed by atoms with Crippen molar-refractivity contribution in [3.05, 3.63) is 42.0 Å². The van der Waals surface area contributed by atoms with E-state index >= 15 is 0 Å². The second kappa shape index (κ2) is 8.00. The molecule has 0 radical (unpaired) electrons. The van der Waals surface area contributed by atoms with Crippen LogP contribution in [0.25, 0.3) is 0 Å². The number of amides is 1. The van der Waals surface area contributed by atoms with Gasteiger partial charge >= 0.3 is 6.36 Å². The van der Waals surface area contributed by atoms with E-state index in [1.54, 1.807) is 18.2 Å². The number of carbonyl (C=O) groups excluding carboxylic acids is 1. The Morgan fingerprint density at radius 2 is 1.85 bits per heavy atom. The molecule has 34 heavy (non-hydrogen) atoms. The Hall–Kier alpha value is -2.02. The van der Waals surface area contributed by atoms with Gasteiger partial charge in [-0.25, -0.2) is 0 Å². The Bertz CT molecular complexity index is 976. The SMILES string of the molecule is CN1C(=O)C=C[C@@]2(C)C1CC(O)[C@@H]1[C@H]2CC[C@]2(C)CC(Cc3ccc(OC(F)(F)F)cc3)C[C@@H]12. The summed E-state index contributed by atoms with van der Waals surface area (Å²) in [6, 6.07) is 6.27. The van der Waals surface area contributed by atoms with Gasteiger partial charge in [0.1, 0.15) is 5.75 Å². The van der Waals surface area contributed by atoms with Gasteiger partial charge in [-0.15, -0.1) is 13.2 Å². The smallest absolute Gasteiger partial charge is 0.406 e. The molecule has 5 rings (SSSR count). The number of alkyl halides is 3. The fraction of sp³-hybridized carbons (Fsp3) is 0.667. The van der Waals surface area contributed by atoms with Gasteiger partial charge in [0.25, 0.3) is 0 Å². The first-order chi connectivity index (χ1) is 15.9. The minimum atomic E-state index is -4.68. The van der Waals surface area contributed by atoms with Crippen LogP contribution in [-0.2, 0) is 11.2 Å². The van der Waals surface area contributed by atoms with E-state index < -0.39 is 12.5 Å². The largest absolute Gasteiger partial charge is 0.573 e. The van der Waals surface area contributed by atoms with E-state index in [0.29, 0.717) is 24.2 Å². The van der Waals surface area contributed by atoms with Crippen LogP contribution in [0.5, 0.6) is 5.75 Å². The summed E-state index contributed by atoms with van der Waals surface area (Å²) in [5.74, 6) is 1.22. The number of carbonyl (C=O) groups is 1. The predicted octanol–water partition coefficient (Wildman–Crippen LogP) is 5.35. The fourth-order valence-electron chi connectivity index (χ4n) is 8.20. The molecule has 4 nitrogen and oxygen atoms in total. The molecule has 1 aliphatic heterocycles. The maximum Gasteiger partial charge on any atom is 0.573 e. The third-order valence-corrected chi connectivity index (χ3v) is 9.70. The molecule has 3 aliphatic carbocycles. The molecular formula is C27H34F3NO3. The minimum absolute atomic E-state index is 0.0151. The number of halogens is 3. The normalized spacial score (nSPS) is 41.6. The number of likely N-dealkylation sites (N-methyl/N-ethyl adjacent to an activating group) is 1. The fourth-order valence-corrected chi connectivity index (χ4v) is 8.20. The molecular weight excluding hydrogens is 443 g/mol. The zero-order chi connectivity index (χ0) is 24.5. The van der Waals surface area contributed by atoms with E-state index in [0.717, 1.165) is 37.7 Å². The molecule has 3 unspecified atom stereocenters. The molecule has 0 aromatic heterocycles. The van der Waals surface area contributed by atoms with Crippen LogP contribution >= 0.6 is 0 Å². The zero-order valence-corrected chi connectivity index (χ0v) is 20.0. The van der Waals surface area contributed by atoms with Gasteiger partial charge < -0.3 is 14.7 Å². The van der Waals surface area contributed by atoms with Gasteiger partial charge in [0.15, 0.2) is 0 Å². The molecule has 0 bridgehead atoms. The van der Waals surface area contributed by atoms with Gasteiger partial charge in [0, 0.05) is 18.5 Å². The number of rotatable bonds is 3. The van der Waals surface area contributed by atoms with Crippen molar-refractivity contribution in [3.8, 4) is 5.75 Å². The lowest BCUT2D eigenvalue weighted by Gasteiger charge is -2.61. The summed E-state index contributed by atoms with van der Waals surface area (Å²) in [7, 11) is 1.85. The number of hydrogen-bond donors (Lipinski definition) is 1. The summed E-state index contributed by atoms with van der Waals surface area (Å²) in [4.78, 5) is 14.1. The lowest BCUT2D eigenvalue weighted by atomic mass is 9.48. The molecule has 1 heterocycles. The molecule has 8 atom stereocenters. The highest BCUT2D eigenvalue weighted by atomic mass is 19.4. The lowest BCUT2D eigenvalue weighted by molar-refractivity contribution is -0.274. The predicted molar refractivity (Wildman–Crippen MR) is 122 cm³/mol. The molecule has 4 aliphatic rings. The van der Waals surface area contributed by atoms with Crippen molar-refractivity contribution in [2.45, 2.75) is 70.9 Å². The van der Waals surface area contributed by atoms with Crippen LogP contribution in [0.4, 0.5) is 13.2 Å². The number of ether oxygens (including phenoxy) is 1. The maximum absolute atomic E-state index is 12.5. The van der Waals surface area contributed by atoms with Crippen molar-refractivity contribution in [2.75, 3.05) is 7.05 Å². The number of nitrogens with zero attached hydrogens (tertiary/aromatic N) is 1. The highest BCUT2D eigenvalue weighted by molar-refractivity contribution is 5.89. The van der Waals surface area contributed by atoms with Crippen molar-refractivity contribution >= 4 is 5.91 Å². The third-order valence-electron chi connectivity index (χ3n) is 9.70. The number of aliphatic hydroxyl groups is 1. The Morgan fingerprint density at radius 1 is 1.15 bits per heavy atom. The maximum atomic E-state index is 12.5. The van der Waals surface area contributed by atoms with Crippen LogP contribution in [0, 0.1) is 34.5 Å². The first kappa shape index (κ1) is 23.7. The van der Waals surface area contributed by atoms with Gasteiger partial charge in [-0.2, -0.15) is 0 Å². The van der Waals surface area contributed by atoms with Crippen LogP contribution in [0.1, 0.15) is 51.5 Å². The molecule has 1 aromatic carbocycles. The Kier molecular flexibility index (Phi) is 5.58. The van der Waals surface area contributed by atoms with Crippen molar-refractivity contribution in [1.29, 1.82) is 0 Å². The highest BCUT2D eigenvalue weighted by Crippen LogP contribution is 2.65. The molecule has 3 fully saturated rings. The first-order valence-corrected chi connectivity index (χ1v) is 12.4. The van der Waals surface area contributed by atoms with Gasteiger partial charge in [0.2, 0.25) is 5.91 Å². The molecule has 0 spiro atoms. The summed E-state index contributed by atoms with van der Waals surface area (Å²) in [5.41, 5.74) is 1.06. The van der Waals surface area contributed by atoms with E-state index in [-0.39, 0.29) is 34.4 Å². The Labute approximate surface area is 199 Å². The van der Waals surface area contributed by atoms with E-state index in [1.165, 1.54) is 12.1 Å². The van der Waals surface area contributed by atoms with Crippen molar-refractivity contribution in [1.82, 2.24) is 4.90 Å². The first-order valence-electron chi connectivity index (χ1n) is 12.4. The standard InChI is InChI=1S/C27H34F3NO3/c1-25-10-8-19-24(21(32)14-22-26(19,2)11-9-23(33)31(22)3)20(25)13-17(15-25)12-16-4-6-18(7-5-16)34-27(28,29)30/h4-7,9,11,17,19-22,24,32H,8,10,12-15H2,1-3H3/t17?,19-,20+,21?,22?,24-,25-,26-/m1/s1. The third kappa shape index (κ3) is 3.94. The average molecular weight is 478 g/mol. The Balaban J connectivity index is 1.33. The summed E-state index contributed by atoms with van der Waals surface area (Å²) < 4.78 is 41.4. The number of aliphatic hydroxyl groups excluding tert-OH is 1. The van der Waals surface area contributed by atoms with Crippen LogP contribution in [-0.4, -0.2) is 41.5 Å². The molecule has 7 heteroatoms. The quantitative estimate of drug-likeness (QED) is 0.638. The summed E-state index contributed by atoms with van der Waals surface area (Å²) in [6.45, 7) is 4.63. The van der Waals surface area contributed by atoms with E-state index in [9.17, 15) is 23.1 Å². The second-order valence-corrected chi connectivity index (χ2v) is 11.7. The van der Waals surface area contributed by atoms with E-state index in [1.807, 2.05) is 11.9 Å². The summed E-state index contributed by atoms with van der Waals surface area (Å²) in [5, 5.41) is 11.4. The summed E-state index contributed by atoms with van der Waals surface area (Å²) >= 11 is 0. The van der Waals surface area contributed by atoms with Crippen LogP contribution in [0.15, 0.2) is 36.4 Å². The molecule has 1 aromatic rings. The second-order valence-electron chi connectivity index (χ2n) is 11.7. The van der Waals surface area contributed by atoms with E-state index in [2.05, 4.69) is 24.7 Å².